The number of halogens is 2. The van der Waals surface area contributed by atoms with E-state index in [1.807, 2.05) is 25.1 Å². The standard InChI is InChI=1S/C23H22BrFN4O/c1-15-11-20(8-9-21(15)24)28-22(30)17-3-2-10-29(14-17)23-26-12-18(13-27-23)16-4-6-19(25)7-5-16/h4-9,11-13,17H,2-3,10,14H2,1H3,(H,28,30)/t17-/m1/s1. The van der Waals surface area contributed by atoms with Gasteiger partial charge in [0.25, 0.3) is 0 Å². The SMILES string of the molecule is Cc1cc(NC(=O)[C@@H]2CCCN(c3ncc(-c4ccc(F)cc4)cn3)C2)ccc1Br. The molecule has 2 heterocycles. The van der Waals surface area contributed by atoms with E-state index in [0.29, 0.717) is 12.5 Å². The van der Waals surface area contributed by atoms with E-state index in [1.165, 1.54) is 12.1 Å². The van der Waals surface area contributed by atoms with Crippen LogP contribution in [0, 0.1) is 18.7 Å². The molecule has 1 aromatic heterocycles. The quantitative estimate of drug-likeness (QED) is 0.570. The summed E-state index contributed by atoms with van der Waals surface area (Å²) in [5.41, 5.74) is 3.57. The van der Waals surface area contributed by atoms with E-state index in [1.54, 1.807) is 24.5 Å². The Morgan fingerprint density at radius 1 is 1.13 bits per heavy atom. The lowest BCUT2D eigenvalue weighted by atomic mass is 9.97. The third-order valence-electron chi connectivity index (χ3n) is 5.32. The number of anilines is 2. The number of aromatic nitrogens is 2. The van der Waals surface area contributed by atoms with Gasteiger partial charge in [0, 0.05) is 41.2 Å². The normalized spacial score (nSPS) is 16.4. The molecule has 0 radical (unpaired) electrons. The zero-order chi connectivity index (χ0) is 21.1. The molecule has 7 heteroatoms. The number of hydrogen-bond acceptors (Lipinski definition) is 4. The lowest BCUT2D eigenvalue weighted by molar-refractivity contribution is -0.120. The van der Waals surface area contributed by atoms with Crippen LogP contribution in [-0.2, 0) is 4.79 Å². The van der Waals surface area contributed by atoms with Gasteiger partial charge in [0.15, 0.2) is 0 Å². The molecule has 1 N–H and O–H groups in total. The Balaban J connectivity index is 1.42. The van der Waals surface area contributed by atoms with Gasteiger partial charge >= 0.3 is 0 Å². The van der Waals surface area contributed by atoms with Crippen LogP contribution < -0.4 is 10.2 Å². The first-order valence-electron chi connectivity index (χ1n) is 9.89. The molecule has 2 aromatic carbocycles. The van der Waals surface area contributed by atoms with Crippen LogP contribution in [0.5, 0.6) is 0 Å². The minimum Gasteiger partial charge on any atom is -0.340 e. The molecule has 0 saturated carbocycles. The van der Waals surface area contributed by atoms with Gasteiger partial charge in [-0.2, -0.15) is 0 Å². The van der Waals surface area contributed by atoms with Crippen LogP contribution in [-0.4, -0.2) is 29.0 Å². The van der Waals surface area contributed by atoms with Crippen LogP contribution in [0.3, 0.4) is 0 Å². The first-order valence-corrected chi connectivity index (χ1v) is 10.7. The highest BCUT2D eigenvalue weighted by Gasteiger charge is 2.27. The van der Waals surface area contributed by atoms with Crippen molar-refractivity contribution >= 4 is 33.5 Å². The largest absolute Gasteiger partial charge is 0.340 e. The van der Waals surface area contributed by atoms with Crippen molar-refractivity contribution in [1.29, 1.82) is 0 Å². The maximum atomic E-state index is 13.1. The molecular weight excluding hydrogens is 447 g/mol. The molecule has 1 amide bonds. The predicted octanol–water partition coefficient (Wildman–Crippen LogP) is 5.21. The van der Waals surface area contributed by atoms with E-state index >= 15 is 0 Å². The fourth-order valence-electron chi connectivity index (χ4n) is 3.62. The molecular formula is C23H22BrFN4O. The number of piperidine rings is 1. The van der Waals surface area contributed by atoms with Crippen molar-refractivity contribution in [3.05, 3.63) is 70.7 Å². The van der Waals surface area contributed by atoms with Gasteiger partial charge in [0.1, 0.15) is 5.82 Å². The number of amides is 1. The molecule has 0 aliphatic carbocycles. The summed E-state index contributed by atoms with van der Waals surface area (Å²) in [5.74, 6) is 0.234. The first kappa shape index (κ1) is 20.5. The van der Waals surface area contributed by atoms with Crippen LogP contribution in [0.15, 0.2) is 59.3 Å². The van der Waals surface area contributed by atoms with Crippen LogP contribution >= 0.6 is 15.9 Å². The zero-order valence-corrected chi connectivity index (χ0v) is 18.2. The van der Waals surface area contributed by atoms with Crippen molar-refractivity contribution in [1.82, 2.24) is 9.97 Å². The fourth-order valence-corrected chi connectivity index (χ4v) is 3.86. The molecule has 0 spiro atoms. The first-order chi connectivity index (χ1) is 14.5. The Morgan fingerprint density at radius 3 is 2.57 bits per heavy atom. The van der Waals surface area contributed by atoms with E-state index in [9.17, 15) is 9.18 Å². The Bertz CT molecular complexity index is 1040. The van der Waals surface area contributed by atoms with Gasteiger partial charge in [-0.1, -0.05) is 28.1 Å². The Labute approximate surface area is 183 Å². The summed E-state index contributed by atoms with van der Waals surface area (Å²) < 4.78 is 14.1. The number of benzene rings is 2. The highest BCUT2D eigenvalue weighted by atomic mass is 79.9. The monoisotopic (exact) mass is 468 g/mol. The fraction of sp³-hybridized carbons (Fsp3) is 0.261. The van der Waals surface area contributed by atoms with Gasteiger partial charge in [0.05, 0.1) is 5.92 Å². The van der Waals surface area contributed by atoms with Crippen molar-refractivity contribution in [3.8, 4) is 11.1 Å². The summed E-state index contributed by atoms with van der Waals surface area (Å²) in [6, 6.07) is 12.0. The molecule has 3 aromatic rings. The molecule has 1 fully saturated rings. The average molecular weight is 469 g/mol. The van der Waals surface area contributed by atoms with Gasteiger partial charge in [-0.25, -0.2) is 14.4 Å². The lowest BCUT2D eigenvalue weighted by Gasteiger charge is -2.32. The number of aryl methyl sites for hydroxylation is 1. The van der Waals surface area contributed by atoms with E-state index in [-0.39, 0.29) is 17.6 Å². The topological polar surface area (TPSA) is 58.1 Å². The van der Waals surface area contributed by atoms with Crippen molar-refractivity contribution in [2.75, 3.05) is 23.3 Å². The van der Waals surface area contributed by atoms with Crippen molar-refractivity contribution < 1.29 is 9.18 Å². The van der Waals surface area contributed by atoms with Crippen LogP contribution in [0.2, 0.25) is 0 Å². The van der Waals surface area contributed by atoms with Gasteiger partial charge in [-0.05, 0) is 61.2 Å². The molecule has 1 atom stereocenters. The Kier molecular flexibility index (Phi) is 6.08. The minimum absolute atomic E-state index is 0.0179. The second-order valence-electron chi connectivity index (χ2n) is 7.52. The number of carbonyl (C=O) groups is 1. The van der Waals surface area contributed by atoms with Crippen molar-refractivity contribution in [3.63, 3.8) is 0 Å². The summed E-state index contributed by atoms with van der Waals surface area (Å²) in [4.78, 5) is 23.8. The van der Waals surface area contributed by atoms with E-state index in [0.717, 1.165) is 46.2 Å². The second-order valence-corrected chi connectivity index (χ2v) is 8.37. The number of carbonyl (C=O) groups excluding carboxylic acids is 1. The predicted molar refractivity (Wildman–Crippen MR) is 120 cm³/mol. The van der Waals surface area contributed by atoms with Crippen LogP contribution in [0.25, 0.3) is 11.1 Å². The number of hydrogen-bond donors (Lipinski definition) is 1. The van der Waals surface area contributed by atoms with Crippen molar-refractivity contribution in [2.45, 2.75) is 19.8 Å². The summed E-state index contributed by atoms with van der Waals surface area (Å²) in [7, 11) is 0. The van der Waals surface area contributed by atoms with E-state index in [2.05, 4.69) is 36.1 Å². The highest BCUT2D eigenvalue weighted by Crippen LogP contribution is 2.25. The van der Waals surface area contributed by atoms with E-state index in [4.69, 9.17) is 0 Å². The van der Waals surface area contributed by atoms with Gasteiger partial charge in [-0.15, -0.1) is 0 Å². The Morgan fingerprint density at radius 2 is 1.87 bits per heavy atom. The summed E-state index contributed by atoms with van der Waals surface area (Å²) >= 11 is 3.48. The maximum absolute atomic E-state index is 13.1. The smallest absolute Gasteiger partial charge is 0.229 e. The highest BCUT2D eigenvalue weighted by molar-refractivity contribution is 9.10. The number of nitrogens with zero attached hydrogens (tertiary/aromatic N) is 3. The maximum Gasteiger partial charge on any atom is 0.229 e. The molecule has 5 nitrogen and oxygen atoms in total. The molecule has 154 valence electrons. The molecule has 1 aliphatic heterocycles. The van der Waals surface area contributed by atoms with Crippen LogP contribution in [0.1, 0.15) is 18.4 Å². The third kappa shape index (κ3) is 4.67. The molecule has 30 heavy (non-hydrogen) atoms. The number of nitrogens with one attached hydrogen (secondary N) is 1. The molecule has 4 rings (SSSR count). The van der Waals surface area contributed by atoms with E-state index < -0.39 is 0 Å². The zero-order valence-electron chi connectivity index (χ0n) is 16.6. The molecule has 1 saturated heterocycles. The van der Waals surface area contributed by atoms with Crippen LogP contribution in [0.4, 0.5) is 16.0 Å². The molecule has 0 bridgehead atoms. The van der Waals surface area contributed by atoms with Gasteiger partial charge in [0.2, 0.25) is 11.9 Å². The van der Waals surface area contributed by atoms with Gasteiger partial charge < -0.3 is 10.2 Å². The molecule has 0 unspecified atom stereocenters. The summed E-state index contributed by atoms with van der Waals surface area (Å²) in [6.07, 6.45) is 5.22. The average Bonchev–Trinajstić information content (AvgIpc) is 2.77. The Hall–Kier alpha value is -2.80. The third-order valence-corrected chi connectivity index (χ3v) is 6.21. The minimum atomic E-state index is -0.271. The summed E-state index contributed by atoms with van der Waals surface area (Å²) in [5, 5.41) is 3.03. The summed E-state index contributed by atoms with van der Waals surface area (Å²) in [6.45, 7) is 3.39. The molecule has 1 aliphatic rings. The van der Waals surface area contributed by atoms with Crippen molar-refractivity contribution in [2.24, 2.45) is 5.92 Å². The lowest BCUT2D eigenvalue weighted by Crippen LogP contribution is -2.41. The second kappa shape index (κ2) is 8.92. The van der Waals surface area contributed by atoms with Gasteiger partial charge in [-0.3, -0.25) is 4.79 Å². The number of rotatable bonds is 4.